The van der Waals surface area contributed by atoms with Gasteiger partial charge in [0.2, 0.25) is 5.82 Å². The van der Waals surface area contributed by atoms with E-state index in [4.69, 9.17) is 14.2 Å². The average molecular weight is 259 g/mol. The molecule has 0 heterocycles. The zero-order valence-corrected chi connectivity index (χ0v) is 9.93. The van der Waals surface area contributed by atoms with Crippen molar-refractivity contribution in [1.82, 2.24) is 0 Å². The number of ether oxygens (including phenoxy) is 3. The molecule has 1 aromatic carbocycles. The second-order valence-electron chi connectivity index (χ2n) is 3.32. The lowest BCUT2D eigenvalue weighted by Crippen LogP contribution is -2.10. The summed E-state index contributed by atoms with van der Waals surface area (Å²) in [4.78, 5) is 9.60. The average Bonchev–Trinajstić information content (AvgIpc) is 2.33. The SMILES string of the molecule is COCCOCCOc1ccc([N+](=O)[O-])c(F)c1. The van der Waals surface area contributed by atoms with E-state index in [9.17, 15) is 14.5 Å². The molecule has 7 heteroatoms. The predicted molar refractivity (Wildman–Crippen MR) is 61.2 cm³/mol. The van der Waals surface area contributed by atoms with Crippen molar-refractivity contribution >= 4 is 5.69 Å². The fourth-order valence-corrected chi connectivity index (χ4v) is 1.19. The fraction of sp³-hybridized carbons (Fsp3) is 0.455. The van der Waals surface area contributed by atoms with E-state index in [1.807, 2.05) is 0 Å². The normalized spacial score (nSPS) is 10.3. The lowest BCUT2D eigenvalue weighted by atomic mass is 10.3. The molecule has 100 valence electrons. The summed E-state index contributed by atoms with van der Waals surface area (Å²) in [6, 6.07) is 3.39. The molecule has 1 rings (SSSR count). The Morgan fingerprint density at radius 1 is 1.28 bits per heavy atom. The molecule has 18 heavy (non-hydrogen) atoms. The monoisotopic (exact) mass is 259 g/mol. The Labute approximate surface area is 103 Å². The van der Waals surface area contributed by atoms with Crippen molar-refractivity contribution in [2.24, 2.45) is 0 Å². The second-order valence-corrected chi connectivity index (χ2v) is 3.32. The largest absolute Gasteiger partial charge is 0.491 e. The summed E-state index contributed by atoms with van der Waals surface area (Å²) in [5.74, 6) is -0.689. The zero-order valence-electron chi connectivity index (χ0n) is 9.93. The Hall–Kier alpha value is -1.73. The van der Waals surface area contributed by atoms with Gasteiger partial charge < -0.3 is 14.2 Å². The third kappa shape index (κ3) is 4.64. The van der Waals surface area contributed by atoms with Gasteiger partial charge in [0.1, 0.15) is 12.4 Å². The summed E-state index contributed by atoms with van der Waals surface area (Å²) in [6.45, 7) is 1.52. The second kappa shape index (κ2) is 7.57. The van der Waals surface area contributed by atoms with Crippen molar-refractivity contribution in [3.8, 4) is 5.75 Å². The van der Waals surface area contributed by atoms with E-state index in [1.165, 1.54) is 6.07 Å². The Kier molecular flexibility index (Phi) is 6.03. The molecule has 0 amide bonds. The standard InChI is InChI=1S/C11H14FNO5/c1-16-4-5-17-6-7-18-9-2-3-11(13(14)15)10(12)8-9/h2-3,8H,4-7H2,1H3. The molecule has 0 radical (unpaired) electrons. The Morgan fingerprint density at radius 3 is 2.61 bits per heavy atom. The number of nitro benzene ring substituents is 1. The summed E-state index contributed by atoms with van der Waals surface area (Å²) < 4.78 is 28.3. The number of hydrogen-bond acceptors (Lipinski definition) is 5. The van der Waals surface area contributed by atoms with Crippen molar-refractivity contribution in [1.29, 1.82) is 0 Å². The first-order valence-corrected chi connectivity index (χ1v) is 5.28. The third-order valence-corrected chi connectivity index (χ3v) is 2.04. The van der Waals surface area contributed by atoms with Crippen molar-refractivity contribution in [2.45, 2.75) is 0 Å². The van der Waals surface area contributed by atoms with Gasteiger partial charge in [-0.2, -0.15) is 4.39 Å². The Morgan fingerprint density at radius 2 is 2.00 bits per heavy atom. The number of benzene rings is 1. The van der Waals surface area contributed by atoms with Gasteiger partial charge in [0.25, 0.3) is 0 Å². The lowest BCUT2D eigenvalue weighted by molar-refractivity contribution is -0.387. The first-order valence-electron chi connectivity index (χ1n) is 5.28. The maximum absolute atomic E-state index is 13.2. The molecular formula is C11H14FNO5. The van der Waals surface area contributed by atoms with Gasteiger partial charge in [-0.25, -0.2) is 0 Å². The summed E-state index contributed by atoms with van der Waals surface area (Å²) in [5, 5.41) is 10.4. The van der Waals surface area contributed by atoms with E-state index in [-0.39, 0.29) is 12.4 Å². The van der Waals surface area contributed by atoms with Gasteiger partial charge in [0.15, 0.2) is 0 Å². The van der Waals surface area contributed by atoms with Gasteiger partial charge in [-0.1, -0.05) is 0 Å². The molecule has 0 atom stereocenters. The number of nitro groups is 1. The highest BCUT2D eigenvalue weighted by molar-refractivity contribution is 5.37. The van der Waals surface area contributed by atoms with Gasteiger partial charge >= 0.3 is 5.69 Å². The van der Waals surface area contributed by atoms with Gasteiger partial charge in [-0.05, 0) is 6.07 Å². The number of rotatable bonds is 8. The molecule has 0 spiro atoms. The van der Waals surface area contributed by atoms with E-state index in [0.717, 1.165) is 12.1 Å². The minimum Gasteiger partial charge on any atom is -0.491 e. The summed E-state index contributed by atoms with van der Waals surface area (Å²) in [7, 11) is 1.57. The van der Waals surface area contributed by atoms with E-state index in [2.05, 4.69) is 0 Å². The summed E-state index contributed by atoms with van der Waals surface area (Å²) in [6.07, 6.45) is 0. The highest BCUT2D eigenvalue weighted by atomic mass is 19.1. The summed E-state index contributed by atoms with van der Waals surface area (Å²) >= 11 is 0. The Bertz CT molecular complexity index is 399. The summed E-state index contributed by atoms with van der Waals surface area (Å²) in [5.41, 5.74) is -0.571. The number of methoxy groups -OCH3 is 1. The van der Waals surface area contributed by atoms with Crippen LogP contribution in [0.1, 0.15) is 0 Å². The molecule has 0 bridgehead atoms. The fourth-order valence-electron chi connectivity index (χ4n) is 1.19. The van der Waals surface area contributed by atoms with Crippen LogP contribution in [0.2, 0.25) is 0 Å². The first kappa shape index (κ1) is 14.3. The molecule has 0 saturated carbocycles. The van der Waals surface area contributed by atoms with E-state index in [1.54, 1.807) is 7.11 Å². The van der Waals surface area contributed by atoms with E-state index < -0.39 is 16.4 Å². The number of nitrogens with zero attached hydrogens (tertiary/aromatic N) is 1. The van der Waals surface area contributed by atoms with Gasteiger partial charge in [0, 0.05) is 19.2 Å². The third-order valence-electron chi connectivity index (χ3n) is 2.04. The first-order chi connectivity index (χ1) is 8.65. The Balaban J connectivity index is 2.35. The molecule has 0 aromatic heterocycles. The van der Waals surface area contributed by atoms with E-state index in [0.29, 0.717) is 19.8 Å². The molecule has 0 aliphatic rings. The van der Waals surface area contributed by atoms with Crippen molar-refractivity contribution in [3.63, 3.8) is 0 Å². The van der Waals surface area contributed by atoms with Gasteiger partial charge in [0.05, 0.1) is 24.7 Å². The number of halogens is 1. The van der Waals surface area contributed by atoms with Crippen molar-refractivity contribution < 1.29 is 23.5 Å². The molecule has 0 unspecified atom stereocenters. The minimum absolute atomic E-state index is 0.230. The molecule has 0 aliphatic heterocycles. The maximum atomic E-state index is 13.2. The van der Waals surface area contributed by atoms with Crippen LogP contribution in [0.15, 0.2) is 18.2 Å². The quantitative estimate of drug-likeness (QED) is 0.404. The smallest absolute Gasteiger partial charge is 0.305 e. The molecule has 6 nitrogen and oxygen atoms in total. The van der Waals surface area contributed by atoms with Crippen LogP contribution < -0.4 is 4.74 Å². The minimum atomic E-state index is -0.919. The van der Waals surface area contributed by atoms with Crippen LogP contribution in [0.4, 0.5) is 10.1 Å². The lowest BCUT2D eigenvalue weighted by Gasteiger charge is -2.07. The topological polar surface area (TPSA) is 70.8 Å². The maximum Gasteiger partial charge on any atom is 0.305 e. The highest BCUT2D eigenvalue weighted by Gasteiger charge is 2.13. The van der Waals surface area contributed by atoms with Crippen LogP contribution in [0.3, 0.4) is 0 Å². The highest BCUT2D eigenvalue weighted by Crippen LogP contribution is 2.22. The van der Waals surface area contributed by atoms with Crippen molar-refractivity contribution in [3.05, 3.63) is 34.1 Å². The zero-order chi connectivity index (χ0) is 13.4. The van der Waals surface area contributed by atoms with Crippen LogP contribution in [0, 0.1) is 15.9 Å². The van der Waals surface area contributed by atoms with Gasteiger partial charge in [-0.15, -0.1) is 0 Å². The predicted octanol–water partition coefficient (Wildman–Crippen LogP) is 1.78. The molecular weight excluding hydrogens is 245 g/mol. The molecule has 0 saturated heterocycles. The van der Waals surface area contributed by atoms with Crippen LogP contribution in [-0.4, -0.2) is 38.5 Å². The van der Waals surface area contributed by atoms with Crippen LogP contribution >= 0.6 is 0 Å². The van der Waals surface area contributed by atoms with E-state index >= 15 is 0 Å². The van der Waals surface area contributed by atoms with Crippen LogP contribution in [-0.2, 0) is 9.47 Å². The van der Waals surface area contributed by atoms with Crippen LogP contribution in [0.25, 0.3) is 0 Å². The molecule has 0 fully saturated rings. The number of hydrogen-bond donors (Lipinski definition) is 0. The van der Waals surface area contributed by atoms with Crippen LogP contribution in [0.5, 0.6) is 5.75 Å². The molecule has 0 N–H and O–H groups in total. The van der Waals surface area contributed by atoms with Crippen molar-refractivity contribution in [2.75, 3.05) is 33.5 Å². The van der Waals surface area contributed by atoms with Gasteiger partial charge in [-0.3, -0.25) is 10.1 Å². The molecule has 1 aromatic rings. The molecule has 0 aliphatic carbocycles.